The quantitative estimate of drug-likeness (QED) is 0.763. The molecule has 0 spiro atoms. The molecule has 3 N–H and O–H groups in total. The number of hydrogen-bond acceptors (Lipinski definition) is 4. The molecule has 0 saturated carbocycles. The summed E-state index contributed by atoms with van der Waals surface area (Å²) in [5, 5.41) is 13.1. The molecule has 0 atom stereocenters. The number of halogens is 1. The van der Waals surface area contributed by atoms with Gasteiger partial charge < -0.3 is 10.8 Å². The number of allylic oxidation sites excluding steroid dienone is 1. The minimum Gasteiger partial charge on any atom is -0.503 e. The molecule has 0 aliphatic rings. The van der Waals surface area contributed by atoms with Crippen molar-refractivity contribution in [2.24, 2.45) is 17.8 Å². The third-order valence-corrected chi connectivity index (χ3v) is 1.83. The van der Waals surface area contributed by atoms with Crippen LogP contribution in [0.2, 0.25) is 0 Å². The van der Waals surface area contributed by atoms with E-state index < -0.39 is 0 Å². The first-order valence-electron chi connectivity index (χ1n) is 3.47. The molecule has 1 aromatic rings. The lowest BCUT2D eigenvalue weighted by Gasteiger charge is -1.93. The van der Waals surface area contributed by atoms with Crippen LogP contribution < -0.4 is 5.73 Å². The fourth-order valence-corrected chi connectivity index (χ4v) is 0.837. The Labute approximate surface area is 83.7 Å². The Balaban J connectivity index is 2.91. The van der Waals surface area contributed by atoms with Crippen LogP contribution in [0, 0.1) is 0 Å². The van der Waals surface area contributed by atoms with Gasteiger partial charge in [-0.05, 0) is 15.9 Å². The molecule has 0 radical (unpaired) electrons. The molecule has 70 valence electrons. The molecular formula is C7H9BrN4O. The molecule has 1 aromatic heterocycles. The van der Waals surface area contributed by atoms with Crippen LogP contribution in [0.25, 0.3) is 0 Å². The number of aryl methyl sites for hydroxylation is 1. The summed E-state index contributed by atoms with van der Waals surface area (Å²) in [4.78, 5) is 3.97. The topological polar surface area (TPSA) is 76.4 Å². The molecule has 0 fully saturated rings. The van der Waals surface area contributed by atoms with E-state index >= 15 is 0 Å². The minimum atomic E-state index is 0.0380. The van der Waals surface area contributed by atoms with Crippen molar-refractivity contribution in [2.75, 3.05) is 0 Å². The van der Waals surface area contributed by atoms with Crippen LogP contribution in [0.1, 0.15) is 0 Å². The summed E-state index contributed by atoms with van der Waals surface area (Å²) in [6.45, 7) is 0. The molecule has 0 amide bonds. The maximum Gasteiger partial charge on any atom is 0.193 e. The SMILES string of the molecule is Cn1ncc(O)c1/N=C/C(Br)=C\N. The summed E-state index contributed by atoms with van der Waals surface area (Å²) >= 11 is 3.15. The molecule has 0 unspecified atom stereocenters. The van der Waals surface area contributed by atoms with E-state index in [1.165, 1.54) is 23.3 Å². The highest BCUT2D eigenvalue weighted by atomic mass is 79.9. The Kier molecular flexibility index (Phi) is 3.07. The first-order valence-corrected chi connectivity index (χ1v) is 4.27. The number of aromatic nitrogens is 2. The average Bonchev–Trinajstić information content (AvgIpc) is 2.43. The van der Waals surface area contributed by atoms with E-state index in [9.17, 15) is 5.11 Å². The molecular weight excluding hydrogens is 236 g/mol. The number of aromatic hydroxyl groups is 1. The van der Waals surface area contributed by atoms with Crippen molar-refractivity contribution in [3.8, 4) is 5.75 Å². The first-order chi connectivity index (χ1) is 6.15. The second-order valence-electron chi connectivity index (χ2n) is 2.29. The Hall–Kier alpha value is -1.30. The van der Waals surface area contributed by atoms with Gasteiger partial charge in [0.15, 0.2) is 11.6 Å². The van der Waals surface area contributed by atoms with Gasteiger partial charge in [0.1, 0.15) is 0 Å². The third-order valence-electron chi connectivity index (χ3n) is 1.36. The Bertz CT molecular complexity index is 336. The second-order valence-corrected chi connectivity index (χ2v) is 3.20. The summed E-state index contributed by atoms with van der Waals surface area (Å²) in [7, 11) is 1.69. The Morgan fingerprint density at radius 2 is 2.54 bits per heavy atom. The van der Waals surface area contributed by atoms with Crippen molar-refractivity contribution in [3.05, 3.63) is 16.9 Å². The van der Waals surface area contributed by atoms with Crippen molar-refractivity contribution in [1.29, 1.82) is 0 Å². The second kappa shape index (κ2) is 4.08. The predicted octanol–water partition coefficient (Wildman–Crippen LogP) is 1.02. The molecule has 0 saturated heterocycles. The van der Waals surface area contributed by atoms with E-state index in [0.717, 1.165) is 0 Å². The van der Waals surface area contributed by atoms with Crippen molar-refractivity contribution in [3.63, 3.8) is 0 Å². The van der Waals surface area contributed by atoms with Crippen LogP contribution in [0.5, 0.6) is 5.75 Å². The van der Waals surface area contributed by atoms with Crippen LogP contribution in [0.4, 0.5) is 5.82 Å². The van der Waals surface area contributed by atoms with Gasteiger partial charge in [-0.3, -0.25) is 0 Å². The zero-order chi connectivity index (χ0) is 9.84. The van der Waals surface area contributed by atoms with Crippen LogP contribution in [-0.2, 0) is 7.05 Å². The van der Waals surface area contributed by atoms with E-state index in [1.54, 1.807) is 7.05 Å². The van der Waals surface area contributed by atoms with Crippen molar-refractivity contribution in [1.82, 2.24) is 9.78 Å². The number of nitrogens with two attached hydrogens (primary N) is 1. The fourth-order valence-electron chi connectivity index (χ4n) is 0.735. The van der Waals surface area contributed by atoms with Gasteiger partial charge in [-0.15, -0.1) is 0 Å². The highest BCUT2D eigenvalue weighted by Crippen LogP contribution is 2.24. The van der Waals surface area contributed by atoms with Crippen molar-refractivity contribution >= 4 is 28.0 Å². The van der Waals surface area contributed by atoms with E-state index in [-0.39, 0.29) is 5.75 Å². The van der Waals surface area contributed by atoms with Crippen LogP contribution in [0.3, 0.4) is 0 Å². The zero-order valence-corrected chi connectivity index (χ0v) is 8.56. The minimum absolute atomic E-state index is 0.0380. The van der Waals surface area contributed by atoms with E-state index in [4.69, 9.17) is 5.73 Å². The van der Waals surface area contributed by atoms with E-state index in [1.807, 2.05) is 0 Å². The number of nitrogens with zero attached hydrogens (tertiary/aromatic N) is 3. The summed E-state index contributed by atoms with van der Waals surface area (Å²) in [6.07, 6.45) is 4.17. The van der Waals surface area contributed by atoms with E-state index in [0.29, 0.717) is 10.3 Å². The summed E-state index contributed by atoms with van der Waals surface area (Å²) in [5.41, 5.74) is 5.20. The highest BCUT2D eigenvalue weighted by Gasteiger charge is 2.03. The smallest absolute Gasteiger partial charge is 0.193 e. The van der Waals surface area contributed by atoms with Gasteiger partial charge in [-0.1, -0.05) is 0 Å². The predicted molar refractivity (Wildman–Crippen MR) is 54.2 cm³/mol. The molecule has 0 bridgehead atoms. The fraction of sp³-hybridized carbons (Fsp3) is 0.143. The summed E-state index contributed by atoms with van der Waals surface area (Å²) in [6, 6.07) is 0. The maximum absolute atomic E-state index is 9.25. The molecule has 5 nitrogen and oxygen atoms in total. The zero-order valence-electron chi connectivity index (χ0n) is 6.98. The summed E-state index contributed by atoms with van der Waals surface area (Å²) in [5.74, 6) is 0.426. The van der Waals surface area contributed by atoms with E-state index in [2.05, 4.69) is 26.0 Å². The van der Waals surface area contributed by atoms with Crippen LogP contribution in [0.15, 0.2) is 21.9 Å². The Morgan fingerprint density at radius 3 is 3.00 bits per heavy atom. The van der Waals surface area contributed by atoms with Gasteiger partial charge in [0.25, 0.3) is 0 Å². The molecule has 13 heavy (non-hydrogen) atoms. The summed E-state index contributed by atoms with van der Waals surface area (Å²) < 4.78 is 2.09. The first kappa shape index (κ1) is 9.79. The van der Waals surface area contributed by atoms with Crippen LogP contribution >= 0.6 is 15.9 Å². The highest BCUT2D eigenvalue weighted by molar-refractivity contribution is 9.12. The number of rotatable bonds is 2. The van der Waals surface area contributed by atoms with Gasteiger partial charge in [0.2, 0.25) is 0 Å². The molecule has 0 aliphatic carbocycles. The van der Waals surface area contributed by atoms with Gasteiger partial charge in [-0.2, -0.15) is 5.10 Å². The molecule has 1 rings (SSSR count). The lowest BCUT2D eigenvalue weighted by molar-refractivity contribution is 0.476. The lowest BCUT2D eigenvalue weighted by atomic mass is 10.5. The lowest BCUT2D eigenvalue weighted by Crippen LogP contribution is -1.89. The van der Waals surface area contributed by atoms with Gasteiger partial charge in [0.05, 0.1) is 10.7 Å². The maximum atomic E-state index is 9.25. The monoisotopic (exact) mass is 244 g/mol. The van der Waals surface area contributed by atoms with Gasteiger partial charge in [0, 0.05) is 19.5 Å². The van der Waals surface area contributed by atoms with Crippen LogP contribution in [-0.4, -0.2) is 21.1 Å². The average molecular weight is 245 g/mol. The normalized spacial score (nSPS) is 12.6. The number of aliphatic imine (C=N–C) groups is 1. The van der Waals surface area contributed by atoms with Crippen molar-refractivity contribution < 1.29 is 5.11 Å². The Morgan fingerprint density at radius 1 is 1.85 bits per heavy atom. The molecule has 6 heteroatoms. The third kappa shape index (κ3) is 2.32. The standard InChI is InChI=1S/C7H9BrN4O/c1-12-7(6(13)4-11-12)10-3-5(8)2-9/h2-4,13H,9H2,1H3/b5-2+,10-3+. The largest absolute Gasteiger partial charge is 0.503 e. The molecule has 1 heterocycles. The molecule has 0 aromatic carbocycles. The molecule has 0 aliphatic heterocycles. The van der Waals surface area contributed by atoms with Crippen molar-refractivity contribution in [2.45, 2.75) is 0 Å². The van der Waals surface area contributed by atoms with Gasteiger partial charge >= 0.3 is 0 Å². The number of hydrogen-bond donors (Lipinski definition) is 2. The van der Waals surface area contributed by atoms with Gasteiger partial charge in [-0.25, -0.2) is 9.67 Å².